The summed E-state index contributed by atoms with van der Waals surface area (Å²) < 4.78 is 5.45. The summed E-state index contributed by atoms with van der Waals surface area (Å²) >= 11 is 0. The molecular formula is C39H56N6O8. The van der Waals surface area contributed by atoms with Gasteiger partial charge in [0.1, 0.15) is 23.7 Å². The minimum absolute atomic E-state index is 0.129. The molecule has 14 nitrogen and oxygen atoms in total. The number of rotatable bonds is 13. The molecule has 1 saturated heterocycles. The van der Waals surface area contributed by atoms with Gasteiger partial charge in [-0.15, -0.1) is 0 Å². The summed E-state index contributed by atoms with van der Waals surface area (Å²) in [4.78, 5) is 96.8. The van der Waals surface area contributed by atoms with Crippen molar-refractivity contribution in [2.45, 2.75) is 104 Å². The van der Waals surface area contributed by atoms with Crippen molar-refractivity contribution >= 4 is 41.4 Å². The molecule has 5 atom stereocenters. The highest BCUT2D eigenvalue weighted by molar-refractivity contribution is 6.38. The Hall–Kier alpha value is -4.75. The van der Waals surface area contributed by atoms with E-state index in [1.54, 1.807) is 86.0 Å². The summed E-state index contributed by atoms with van der Waals surface area (Å²) in [6, 6.07) is 4.40. The topological polar surface area (TPSA) is 183 Å². The van der Waals surface area contributed by atoms with E-state index in [0.29, 0.717) is 5.56 Å². The highest BCUT2D eigenvalue weighted by Gasteiger charge is 2.57. The summed E-state index contributed by atoms with van der Waals surface area (Å²) in [5.41, 5.74) is -0.529. The monoisotopic (exact) mass is 736 g/mol. The van der Waals surface area contributed by atoms with Crippen LogP contribution in [0.4, 0.5) is 4.79 Å². The van der Waals surface area contributed by atoms with Crippen molar-refractivity contribution in [1.29, 1.82) is 0 Å². The number of likely N-dealkylation sites (N-methyl/N-ethyl adjacent to an activating group) is 1. The molecule has 4 N–H and O–H groups in total. The number of hydrogen-bond acceptors (Lipinski definition) is 8. The van der Waals surface area contributed by atoms with E-state index < -0.39 is 82.6 Å². The van der Waals surface area contributed by atoms with Crippen LogP contribution in [0, 0.1) is 22.7 Å². The molecule has 53 heavy (non-hydrogen) atoms. The number of carbonyl (C=O) groups is 7. The second kappa shape index (κ2) is 15.7. The molecule has 2 aliphatic carbocycles. The van der Waals surface area contributed by atoms with Gasteiger partial charge < -0.3 is 35.8 Å². The lowest BCUT2D eigenvalue weighted by atomic mass is 9.63. The molecule has 290 valence electrons. The molecule has 3 unspecified atom stereocenters. The first-order valence-electron chi connectivity index (χ1n) is 18.2. The quantitative estimate of drug-likeness (QED) is 0.176. The molecule has 6 amide bonds. The van der Waals surface area contributed by atoms with E-state index >= 15 is 0 Å². The van der Waals surface area contributed by atoms with Gasteiger partial charge in [-0.25, -0.2) is 4.79 Å². The molecule has 0 aromatic heterocycles. The van der Waals surface area contributed by atoms with E-state index in [2.05, 4.69) is 21.3 Å². The molecule has 14 heteroatoms. The van der Waals surface area contributed by atoms with Crippen LogP contribution in [0.25, 0.3) is 0 Å². The summed E-state index contributed by atoms with van der Waals surface area (Å²) in [5, 5.41) is 10.5. The molecule has 3 aliphatic rings. The van der Waals surface area contributed by atoms with Crippen LogP contribution < -0.4 is 21.3 Å². The fourth-order valence-electron chi connectivity index (χ4n) is 7.00. The van der Waals surface area contributed by atoms with Crippen molar-refractivity contribution in [2.24, 2.45) is 22.7 Å². The Kier molecular flexibility index (Phi) is 12.1. The second-order valence-corrected chi connectivity index (χ2v) is 17.3. The minimum Gasteiger partial charge on any atom is -0.444 e. The maximum absolute atomic E-state index is 14.3. The van der Waals surface area contributed by atoms with E-state index in [-0.39, 0.29) is 30.7 Å². The molecule has 1 aromatic carbocycles. The largest absolute Gasteiger partial charge is 0.444 e. The Bertz CT molecular complexity index is 1640. The van der Waals surface area contributed by atoms with Crippen molar-refractivity contribution in [3.05, 3.63) is 47.5 Å². The zero-order valence-corrected chi connectivity index (χ0v) is 32.6. The molecule has 4 rings (SSSR count). The Balaban J connectivity index is 1.49. The minimum atomic E-state index is -1.20. The van der Waals surface area contributed by atoms with Crippen molar-refractivity contribution in [3.63, 3.8) is 0 Å². The van der Waals surface area contributed by atoms with Crippen LogP contribution in [0.1, 0.15) is 86.3 Å². The van der Waals surface area contributed by atoms with Gasteiger partial charge in [-0.05, 0) is 55.1 Å². The first-order valence-corrected chi connectivity index (χ1v) is 18.2. The van der Waals surface area contributed by atoms with Gasteiger partial charge in [0.25, 0.3) is 5.91 Å². The van der Waals surface area contributed by atoms with Crippen molar-refractivity contribution in [1.82, 2.24) is 31.1 Å². The fraction of sp³-hybridized carbons (Fsp3) is 0.615. The zero-order valence-electron chi connectivity index (χ0n) is 32.6. The number of nitrogens with zero attached hydrogens (tertiary/aromatic N) is 2. The first-order chi connectivity index (χ1) is 24.5. The summed E-state index contributed by atoms with van der Waals surface area (Å²) in [5.74, 6) is -4.29. The number of carbonyl (C=O) groups excluding carboxylic acids is 7. The van der Waals surface area contributed by atoms with E-state index in [9.17, 15) is 33.6 Å². The smallest absolute Gasteiger partial charge is 0.408 e. The lowest BCUT2D eigenvalue weighted by Gasteiger charge is -2.42. The Morgan fingerprint density at radius 3 is 2.08 bits per heavy atom. The van der Waals surface area contributed by atoms with Crippen molar-refractivity contribution < 1.29 is 38.3 Å². The normalized spacial score (nSPS) is 20.6. The van der Waals surface area contributed by atoms with Crippen LogP contribution in [-0.4, -0.2) is 102 Å². The van der Waals surface area contributed by atoms with Gasteiger partial charge in [0.2, 0.25) is 29.4 Å². The predicted molar refractivity (Wildman–Crippen MR) is 197 cm³/mol. The number of nitrogens with one attached hydrogen (secondary N) is 4. The van der Waals surface area contributed by atoms with Gasteiger partial charge in [0.05, 0.1) is 12.6 Å². The molecular weight excluding hydrogens is 680 g/mol. The van der Waals surface area contributed by atoms with Gasteiger partial charge in [-0.1, -0.05) is 83.9 Å². The average Bonchev–Trinajstić information content (AvgIpc) is 3.81. The van der Waals surface area contributed by atoms with Gasteiger partial charge in [-0.3, -0.25) is 28.8 Å². The number of fused-ring (bicyclic) bond motifs is 1. The van der Waals surface area contributed by atoms with Gasteiger partial charge >= 0.3 is 6.09 Å². The first kappa shape index (κ1) is 41.0. The fourth-order valence-corrected chi connectivity index (χ4v) is 7.00. The highest BCUT2D eigenvalue weighted by atomic mass is 16.6. The molecule has 1 aromatic rings. The molecule has 1 aliphatic heterocycles. The number of ketones is 1. The van der Waals surface area contributed by atoms with Crippen LogP contribution in [0.3, 0.4) is 0 Å². The second-order valence-electron chi connectivity index (χ2n) is 17.3. The third-order valence-electron chi connectivity index (χ3n) is 9.75. The SMILES string of the molecule is CN(C)C(=O)[C@@H](NC(=O)CNC(=O)C(=O)C(CC1CC1)NC(=O)C1[C@@H]2C(=CC2(C)C)CN1C(=O)C(NC(=O)OC(C)(C)C)C(C)(C)C)c1ccccc1. The number of alkyl carbamates (subject to hydrolysis) is 1. The highest BCUT2D eigenvalue weighted by Crippen LogP contribution is 2.52. The van der Waals surface area contributed by atoms with Gasteiger partial charge in [0.15, 0.2) is 0 Å². The lowest BCUT2D eigenvalue weighted by molar-refractivity contribution is -0.145. The Morgan fingerprint density at radius 2 is 1.55 bits per heavy atom. The number of allylic oxidation sites excluding steroid dienone is 1. The summed E-state index contributed by atoms with van der Waals surface area (Å²) in [6.07, 6.45) is 3.16. The standard InChI is InChI=1S/C39H56N6O8/c1-37(2,3)31(43-36(52)53-38(4,5)6)35(51)45-21-24-19-39(7,8)27(24)29(45)32(48)41-25(18-22-16-17-22)30(47)33(49)40-20-26(46)42-28(34(50)44(9)10)23-14-12-11-13-15-23/h11-15,19,22,25,27-29,31H,16-18,20-21H2,1-10H3,(H,40,49)(H,41,48)(H,42,46)(H,43,52)/t25?,27-,28-,29?,31?/m0/s1. The number of hydrogen-bond donors (Lipinski definition) is 4. The molecule has 0 spiro atoms. The number of amides is 6. The van der Waals surface area contributed by atoms with Crippen molar-refractivity contribution in [3.8, 4) is 0 Å². The molecule has 0 radical (unpaired) electrons. The molecule has 1 saturated carbocycles. The van der Waals surface area contributed by atoms with Gasteiger partial charge in [0, 0.05) is 26.6 Å². The maximum Gasteiger partial charge on any atom is 0.408 e. The molecule has 2 fully saturated rings. The van der Waals surface area contributed by atoms with Crippen LogP contribution in [0.15, 0.2) is 42.0 Å². The number of ether oxygens (including phenoxy) is 1. The maximum atomic E-state index is 14.3. The lowest BCUT2D eigenvalue weighted by Crippen LogP contribution is -2.61. The number of Topliss-reactive ketones (excluding diaryl/α,β-unsaturated/α-hetero) is 1. The van der Waals surface area contributed by atoms with E-state index in [1.807, 2.05) is 19.9 Å². The van der Waals surface area contributed by atoms with E-state index in [4.69, 9.17) is 4.74 Å². The summed E-state index contributed by atoms with van der Waals surface area (Å²) in [6.45, 7) is 14.1. The van der Waals surface area contributed by atoms with Crippen LogP contribution in [0.5, 0.6) is 0 Å². The third-order valence-corrected chi connectivity index (χ3v) is 9.75. The van der Waals surface area contributed by atoms with Crippen LogP contribution >= 0.6 is 0 Å². The molecule has 0 bridgehead atoms. The average molecular weight is 737 g/mol. The van der Waals surface area contributed by atoms with Crippen LogP contribution in [-0.2, 0) is 33.5 Å². The zero-order chi connectivity index (χ0) is 39.6. The van der Waals surface area contributed by atoms with E-state index in [1.165, 1.54) is 9.80 Å². The summed E-state index contributed by atoms with van der Waals surface area (Å²) in [7, 11) is 3.12. The Morgan fingerprint density at radius 1 is 0.925 bits per heavy atom. The van der Waals surface area contributed by atoms with E-state index in [0.717, 1.165) is 18.4 Å². The predicted octanol–water partition coefficient (Wildman–Crippen LogP) is 2.63. The molecule has 1 heterocycles. The number of benzene rings is 1. The third kappa shape index (κ3) is 10.2. The van der Waals surface area contributed by atoms with Gasteiger partial charge in [-0.2, -0.15) is 0 Å². The number of likely N-dealkylation sites (tertiary alicyclic amines) is 1. The Labute approximate surface area is 312 Å². The van der Waals surface area contributed by atoms with Crippen LogP contribution in [0.2, 0.25) is 0 Å². The van der Waals surface area contributed by atoms with Crippen molar-refractivity contribution in [2.75, 3.05) is 27.2 Å².